The first-order valence-corrected chi connectivity index (χ1v) is 4.67. The van der Waals surface area contributed by atoms with Crippen molar-refractivity contribution in [3.63, 3.8) is 0 Å². The summed E-state index contributed by atoms with van der Waals surface area (Å²) in [6.45, 7) is 2.74. The van der Waals surface area contributed by atoms with Gasteiger partial charge in [-0.1, -0.05) is 0 Å². The third kappa shape index (κ3) is 1.88. The van der Waals surface area contributed by atoms with Crippen molar-refractivity contribution in [2.75, 3.05) is 17.6 Å². The SMILES string of the molecule is CCNc1ncc(-c2ccn[nH]2)c(N)n1. The molecule has 0 aliphatic carbocycles. The number of hydrogen-bond donors (Lipinski definition) is 3. The molecule has 6 nitrogen and oxygen atoms in total. The van der Waals surface area contributed by atoms with Gasteiger partial charge in [0, 0.05) is 18.9 Å². The van der Waals surface area contributed by atoms with Crippen molar-refractivity contribution in [3.05, 3.63) is 18.5 Å². The molecule has 4 N–H and O–H groups in total. The third-order valence-corrected chi connectivity index (χ3v) is 1.94. The number of anilines is 2. The lowest BCUT2D eigenvalue weighted by atomic mass is 10.2. The van der Waals surface area contributed by atoms with E-state index in [1.165, 1.54) is 0 Å². The Labute approximate surface area is 86.9 Å². The molecule has 0 amide bonds. The molecule has 0 spiro atoms. The number of rotatable bonds is 3. The van der Waals surface area contributed by atoms with E-state index in [2.05, 4.69) is 25.5 Å². The third-order valence-electron chi connectivity index (χ3n) is 1.94. The van der Waals surface area contributed by atoms with E-state index in [-0.39, 0.29) is 0 Å². The largest absolute Gasteiger partial charge is 0.383 e. The number of nitrogens with zero attached hydrogens (tertiary/aromatic N) is 3. The number of nitrogen functional groups attached to an aromatic ring is 1. The van der Waals surface area contributed by atoms with Gasteiger partial charge in [0.25, 0.3) is 0 Å². The van der Waals surface area contributed by atoms with Crippen molar-refractivity contribution in [1.29, 1.82) is 0 Å². The van der Waals surface area contributed by atoms with E-state index in [0.717, 1.165) is 17.8 Å². The van der Waals surface area contributed by atoms with Crippen LogP contribution in [0.25, 0.3) is 11.3 Å². The molecule has 0 saturated carbocycles. The minimum Gasteiger partial charge on any atom is -0.383 e. The number of aromatic nitrogens is 4. The molecule has 0 atom stereocenters. The van der Waals surface area contributed by atoms with E-state index in [0.29, 0.717) is 11.8 Å². The van der Waals surface area contributed by atoms with Crippen molar-refractivity contribution in [1.82, 2.24) is 20.2 Å². The molecular weight excluding hydrogens is 192 g/mol. The minimum absolute atomic E-state index is 0.435. The van der Waals surface area contributed by atoms with Crippen molar-refractivity contribution in [2.45, 2.75) is 6.92 Å². The Bertz CT molecular complexity index is 436. The van der Waals surface area contributed by atoms with Gasteiger partial charge in [-0.3, -0.25) is 5.10 Å². The van der Waals surface area contributed by atoms with E-state index in [9.17, 15) is 0 Å². The van der Waals surface area contributed by atoms with Crippen LogP contribution in [0.3, 0.4) is 0 Å². The summed E-state index contributed by atoms with van der Waals surface area (Å²) in [5, 5.41) is 9.65. The van der Waals surface area contributed by atoms with Gasteiger partial charge in [0.05, 0.1) is 11.3 Å². The van der Waals surface area contributed by atoms with Gasteiger partial charge >= 0.3 is 0 Å². The normalized spacial score (nSPS) is 10.2. The van der Waals surface area contributed by atoms with Crippen LogP contribution in [0.2, 0.25) is 0 Å². The first kappa shape index (κ1) is 9.45. The Kier molecular flexibility index (Phi) is 2.49. The molecule has 0 unspecified atom stereocenters. The van der Waals surface area contributed by atoms with Crippen LogP contribution in [0, 0.1) is 0 Å². The summed E-state index contributed by atoms with van der Waals surface area (Å²) >= 11 is 0. The number of aromatic amines is 1. The zero-order chi connectivity index (χ0) is 10.7. The highest BCUT2D eigenvalue weighted by molar-refractivity contribution is 5.70. The van der Waals surface area contributed by atoms with E-state index in [1.807, 2.05) is 13.0 Å². The van der Waals surface area contributed by atoms with Gasteiger partial charge in [-0.05, 0) is 13.0 Å². The zero-order valence-corrected chi connectivity index (χ0v) is 8.36. The van der Waals surface area contributed by atoms with Crippen LogP contribution in [0.5, 0.6) is 0 Å². The quantitative estimate of drug-likeness (QED) is 0.690. The van der Waals surface area contributed by atoms with E-state index >= 15 is 0 Å². The Morgan fingerprint density at radius 2 is 2.40 bits per heavy atom. The lowest BCUT2D eigenvalue weighted by Crippen LogP contribution is -2.05. The molecule has 0 radical (unpaired) electrons. The maximum atomic E-state index is 5.80. The predicted octanol–water partition coefficient (Wildman–Crippen LogP) is 0.881. The Morgan fingerprint density at radius 3 is 3.00 bits per heavy atom. The summed E-state index contributed by atoms with van der Waals surface area (Å²) in [5.74, 6) is 0.975. The first-order chi connectivity index (χ1) is 7.31. The minimum atomic E-state index is 0.435. The fraction of sp³-hybridized carbons (Fsp3) is 0.222. The van der Waals surface area contributed by atoms with Gasteiger partial charge in [0.1, 0.15) is 5.82 Å². The summed E-state index contributed by atoms with van der Waals surface area (Å²) in [7, 11) is 0. The van der Waals surface area contributed by atoms with Crippen LogP contribution in [0.15, 0.2) is 18.5 Å². The second-order valence-electron chi connectivity index (χ2n) is 2.99. The van der Waals surface area contributed by atoms with Crippen LogP contribution in [0.1, 0.15) is 6.92 Å². The maximum Gasteiger partial charge on any atom is 0.224 e. The second kappa shape index (κ2) is 3.95. The van der Waals surface area contributed by atoms with Crippen molar-refractivity contribution >= 4 is 11.8 Å². The van der Waals surface area contributed by atoms with Crippen LogP contribution >= 0.6 is 0 Å². The summed E-state index contributed by atoms with van der Waals surface area (Å²) in [5.41, 5.74) is 7.38. The van der Waals surface area contributed by atoms with Gasteiger partial charge in [0.2, 0.25) is 5.95 Å². The van der Waals surface area contributed by atoms with E-state index < -0.39 is 0 Å². The Hall–Kier alpha value is -2.11. The summed E-state index contributed by atoms with van der Waals surface area (Å²) < 4.78 is 0. The molecular formula is C9H12N6. The molecule has 0 saturated heterocycles. The monoisotopic (exact) mass is 204 g/mol. The predicted molar refractivity (Wildman–Crippen MR) is 58.2 cm³/mol. The van der Waals surface area contributed by atoms with Crippen molar-refractivity contribution in [2.24, 2.45) is 0 Å². The van der Waals surface area contributed by atoms with Crippen LogP contribution in [0.4, 0.5) is 11.8 Å². The highest BCUT2D eigenvalue weighted by atomic mass is 15.1. The van der Waals surface area contributed by atoms with Crippen LogP contribution in [-0.2, 0) is 0 Å². The molecule has 2 heterocycles. The lowest BCUT2D eigenvalue weighted by Gasteiger charge is -2.05. The lowest BCUT2D eigenvalue weighted by molar-refractivity contribution is 1.07. The van der Waals surface area contributed by atoms with Gasteiger partial charge < -0.3 is 11.1 Å². The smallest absolute Gasteiger partial charge is 0.224 e. The number of nitrogens with two attached hydrogens (primary N) is 1. The molecule has 2 aromatic heterocycles. The molecule has 0 bridgehead atoms. The van der Waals surface area contributed by atoms with Gasteiger partial charge in [-0.25, -0.2) is 4.98 Å². The molecule has 15 heavy (non-hydrogen) atoms. The Balaban J connectivity index is 2.35. The molecule has 2 rings (SSSR count). The molecule has 78 valence electrons. The topological polar surface area (TPSA) is 92.5 Å². The zero-order valence-electron chi connectivity index (χ0n) is 8.36. The van der Waals surface area contributed by atoms with Gasteiger partial charge in [-0.15, -0.1) is 0 Å². The number of H-pyrrole nitrogens is 1. The Morgan fingerprint density at radius 1 is 1.53 bits per heavy atom. The standard InChI is InChI=1S/C9H12N6/c1-2-11-9-12-5-6(8(10)14-9)7-3-4-13-15-7/h3-5H,2H2,1H3,(H,13,15)(H3,10,11,12,14). The first-order valence-electron chi connectivity index (χ1n) is 4.67. The second-order valence-corrected chi connectivity index (χ2v) is 2.99. The number of nitrogens with one attached hydrogen (secondary N) is 2. The van der Waals surface area contributed by atoms with Gasteiger partial charge in [0.15, 0.2) is 0 Å². The van der Waals surface area contributed by atoms with Crippen LogP contribution in [-0.4, -0.2) is 26.7 Å². The maximum absolute atomic E-state index is 5.80. The molecule has 0 fully saturated rings. The van der Waals surface area contributed by atoms with E-state index in [4.69, 9.17) is 5.73 Å². The number of hydrogen-bond acceptors (Lipinski definition) is 5. The fourth-order valence-corrected chi connectivity index (χ4v) is 1.25. The molecule has 0 aliphatic heterocycles. The van der Waals surface area contributed by atoms with Crippen molar-refractivity contribution in [3.8, 4) is 11.3 Å². The van der Waals surface area contributed by atoms with Crippen molar-refractivity contribution < 1.29 is 0 Å². The summed E-state index contributed by atoms with van der Waals surface area (Å²) in [6.07, 6.45) is 3.33. The average molecular weight is 204 g/mol. The van der Waals surface area contributed by atoms with E-state index in [1.54, 1.807) is 12.4 Å². The molecule has 2 aromatic rings. The molecule has 0 aliphatic rings. The summed E-state index contributed by atoms with van der Waals surface area (Å²) in [6, 6.07) is 1.82. The summed E-state index contributed by atoms with van der Waals surface area (Å²) in [4.78, 5) is 8.26. The van der Waals surface area contributed by atoms with Gasteiger partial charge in [-0.2, -0.15) is 10.1 Å². The highest BCUT2D eigenvalue weighted by Crippen LogP contribution is 2.21. The fourth-order valence-electron chi connectivity index (χ4n) is 1.25. The molecule has 6 heteroatoms. The molecule has 0 aromatic carbocycles. The van der Waals surface area contributed by atoms with Crippen LogP contribution < -0.4 is 11.1 Å². The highest BCUT2D eigenvalue weighted by Gasteiger charge is 2.06. The average Bonchev–Trinajstić information content (AvgIpc) is 2.71.